The van der Waals surface area contributed by atoms with Gasteiger partial charge in [-0.25, -0.2) is 9.97 Å². The number of nitrogens with two attached hydrogens (primary N) is 1. The lowest BCUT2D eigenvalue weighted by Gasteiger charge is -2.07. The molecule has 0 aliphatic heterocycles. The standard InChI is InChI=1S/C13H15N3O/c1-2-12(14)13-15-7-10(8-16-13)9-3-5-11(17)6-4-9/h3-8,12,17H,2,14H2,1H3. The van der Waals surface area contributed by atoms with Crippen LogP contribution in [0.15, 0.2) is 36.7 Å². The quantitative estimate of drug-likeness (QED) is 0.846. The highest BCUT2D eigenvalue weighted by molar-refractivity contribution is 5.62. The summed E-state index contributed by atoms with van der Waals surface area (Å²) in [5, 5.41) is 9.20. The Kier molecular flexibility index (Phi) is 3.35. The molecule has 1 atom stereocenters. The molecule has 1 heterocycles. The van der Waals surface area contributed by atoms with Crippen LogP contribution < -0.4 is 5.73 Å². The Bertz CT molecular complexity index is 479. The van der Waals surface area contributed by atoms with Crippen molar-refractivity contribution in [3.05, 3.63) is 42.5 Å². The zero-order chi connectivity index (χ0) is 12.3. The molecule has 0 radical (unpaired) electrons. The maximum absolute atomic E-state index is 9.20. The molecule has 0 saturated carbocycles. The molecule has 88 valence electrons. The minimum Gasteiger partial charge on any atom is -0.508 e. The molecular formula is C13H15N3O. The van der Waals surface area contributed by atoms with Crippen LogP contribution in [0.2, 0.25) is 0 Å². The number of phenolic OH excluding ortho intramolecular Hbond substituents is 1. The van der Waals surface area contributed by atoms with Crippen LogP contribution in [0.4, 0.5) is 0 Å². The Hall–Kier alpha value is -1.94. The van der Waals surface area contributed by atoms with E-state index < -0.39 is 0 Å². The highest BCUT2D eigenvalue weighted by Crippen LogP contribution is 2.21. The van der Waals surface area contributed by atoms with E-state index in [-0.39, 0.29) is 11.8 Å². The van der Waals surface area contributed by atoms with Crippen LogP contribution in [0.1, 0.15) is 25.2 Å². The predicted octanol–water partition coefficient (Wildman–Crippen LogP) is 2.26. The van der Waals surface area contributed by atoms with E-state index in [2.05, 4.69) is 9.97 Å². The molecule has 0 aliphatic carbocycles. The van der Waals surface area contributed by atoms with Crippen molar-refractivity contribution in [3.8, 4) is 16.9 Å². The van der Waals surface area contributed by atoms with Crippen molar-refractivity contribution in [2.75, 3.05) is 0 Å². The monoisotopic (exact) mass is 229 g/mol. The van der Waals surface area contributed by atoms with Crippen LogP contribution in [0.5, 0.6) is 5.75 Å². The van der Waals surface area contributed by atoms with Crippen LogP contribution in [0, 0.1) is 0 Å². The number of benzene rings is 1. The molecule has 0 amide bonds. The summed E-state index contributed by atoms with van der Waals surface area (Å²) in [6.45, 7) is 2.00. The molecule has 0 spiro atoms. The molecule has 3 N–H and O–H groups in total. The van der Waals surface area contributed by atoms with E-state index in [0.717, 1.165) is 17.5 Å². The van der Waals surface area contributed by atoms with Crippen LogP contribution in [-0.2, 0) is 0 Å². The molecule has 0 fully saturated rings. The maximum atomic E-state index is 9.20. The van der Waals surface area contributed by atoms with Crippen molar-refractivity contribution in [2.45, 2.75) is 19.4 Å². The van der Waals surface area contributed by atoms with Gasteiger partial charge in [0, 0.05) is 18.0 Å². The first-order valence-electron chi connectivity index (χ1n) is 5.57. The zero-order valence-electron chi connectivity index (χ0n) is 9.67. The SMILES string of the molecule is CCC(N)c1ncc(-c2ccc(O)cc2)cn1. The summed E-state index contributed by atoms with van der Waals surface area (Å²) >= 11 is 0. The number of nitrogens with zero attached hydrogens (tertiary/aromatic N) is 2. The molecule has 1 unspecified atom stereocenters. The van der Waals surface area contributed by atoms with Crippen molar-refractivity contribution in [1.82, 2.24) is 9.97 Å². The highest BCUT2D eigenvalue weighted by atomic mass is 16.3. The maximum Gasteiger partial charge on any atom is 0.144 e. The minimum absolute atomic E-state index is 0.108. The van der Waals surface area contributed by atoms with Gasteiger partial charge in [0.05, 0.1) is 6.04 Å². The van der Waals surface area contributed by atoms with Crippen LogP contribution >= 0.6 is 0 Å². The van der Waals surface area contributed by atoms with E-state index in [4.69, 9.17) is 5.73 Å². The van der Waals surface area contributed by atoms with Gasteiger partial charge in [-0.2, -0.15) is 0 Å². The summed E-state index contributed by atoms with van der Waals surface area (Å²) < 4.78 is 0. The summed E-state index contributed by atoms with van der Waals surface area (Å²) in [4.78, 5) is 8.50. The molecule has 4 heteroatoms. The Morgan fingerprint density at radius 1 is 1.12 bits per heavy atom. The van der Waals surface area contributed by atoms with Gasteiger partial charge < -0.3 is 10.8 Å². The minimum atomic E-state index is -0.108. The average molecular weight is 229 g/mol. The Balaban J connectivity index is 2.26. The van der Waals surface area contributed by atoms with Gasteiger partial charge in [-0.1, -0.05) is 19.1 Å². The van der Waals surface area contributed by atoms with E-state index >= 15 is 0 Å². The first kappa shape index (κ1) is 11.5. The number of hydrogen-bond donors (Lipinski definition) is 2. The van der Waals surface area contributed by atoms with Crippen LogP contribution in [-0.4, -0.2) is 15.1 Å². The predicted molar refractivity (Wildman–Crippen MR) is 66.4 cm³/mol. The van der Waals surface area contributed by atoms with Crippen molar-refractivity contribution in [3.63, 3.8) is 0 Å². The smallest absolute Gasteiger partial charge is 0.144 e. The number of rotatable bonds is 3. The number of aromatic nitrogens is 2. The zero-order valence-corrected chi connectivity index (χ0v) is 9.67. The lowest BCUT2D eigenvalue weighted by molar-refractivity contribution is 0.475. The summed E-state index contributed by atoms with van der Waals surface area (Å²) in [5.41, 5.74) is 7.73. The van der Waals surface area contributed by atoms with Gasteiger partial charge in [-0.15, -0.1) is 0 Å². The molecule has 17 heavy (non-hydrogen) atoms. The van der Waals surface area contributed by atoms with Crippen molar-refractivity contribution in [1.29, 1.82) is 0 Å². The normalized spacial score (nSPS) is 12.4. The van der Waals surface area contributed by atoms with Gasteiger partial charge in [0.25, 0.3) is 0 Å². The third-order valence-electron chi connectivity index (χ3n) is 2.64. The van der Waals surface area contributed by atoms with Crippen LogP contribution in [0.25, 0.3) is 11.1 Å². The van der Waals surface area contributed by atoms with Crippen LogP contribution in [0.3, 0.4) is 0 Å². The van der Waals surface area contributed by atoms with E-state index in [9.17, 15) is 5.11 Å². The lowest BCUT2D eigenvalue weighted by atomic mass is 10.1. The Morgan fingerprint density at radius 3 is 2.24 bits per heavy atom. The van der Waals surface area contributed by atoms with Crippen molar-refractivity contribution in [2.24, 2.45) is 5.73 Å². The molecule has 0 aliphatic rings. The summed E-state index contributed by atoms with van der Waals surface area (Å²) in [5.74, 6) is 0.911. The number of phenols is 1. The Morgan fingerprint density at radius 2 is 1.71 bits per heavy atom. The van der Waals surface area contributed by atoms with E-state index in [1.54, 1.807) is 24.5 Å². The van der Waals surface area contributed by atoms with Crippen molar-refractivity contribution >= 4 is 0 Å². The molecule has 2 aromatic rings. The molecule has 0 bridgehead atoms. The van der Waals surface area contributed by atoms with Crippen molar-refractivity contribution < 1.29 is 5.11 Å². The fourth-order valence-electron chi connectivity index (χ4n) is 1.52. The lowest BCUT2D eigenvalue weighted by Crippen LogP contribution is -2.12. The highest BCUT2D eigenvalue weighted by Gasteiger charge is 2.06. The fraction of sp³-hybridized carbons (Fsp3) is 0.231. The molecular weight excluding hydrogens is 214 g/mol. The third kappa shape index (κ3) is 2.60. The first-order valence-corrected chi connectivity index (χ1v) is 5.57. The second kappa shape index (κ2) is 4.93. The molecule has 2 rings (SSSR count). The average Bonchev–Trinajstić information content (AvgIpc) is 2.39. The van der Waals surface area contributed by atoms with Gasteiger partial charge in [0.2, 0.25) is 0 Å². The molecule has 4 nitrogen and oxygen atoms in total. The molecule has 0 saturated heterocycles. The summed E-state index contributed by atoms with van der Waals surface area (Å²) in [7, 11) is 0. The second-order valence-electron chi connectivity index (χ2n) is 3.89. The molecule has 1 aromatic carbocycles. The number of aromatic hydroxyl groups is 1. The van der Waals surface area contributed by atoms with E-state index in [0.29, 0.717) is 5.82 Å². The van der Waals surface area contributed by atoms with Gasteiger partial charge in [-0.3, -0.25) is 0 Å². The second-order valence-corrected chi connectivity index (χ2v) is 3.89. The largest absolute Gasteiger partial charge is 0.508 e. The fourth-order valence-corrected chi connectivity index (χ4v) is 1.52. The summed E-state index contributed by atoms with van der Waals surface area (Å²) in [6, 6.07) is 6.83. The molecule has 1 aromatic heterocycles. The third-order valence-corrected chi connectivity index (χ3v) is 2.64. The van der Waals surface area contributed by atoms with Gasteiger partial charge in [0.15, 0.2) is 0 Å². The topological polar surface area (TPSA) is 72.0 Å². The Labute approximate surface area is 100 Å². The number of hydrogen-bond acceptors (Lipinski definition) is 4. The van der Waals surface area contributed by atoms with Gasteiger partial charge in [0.1, 0.15) is 11.6 Å². The van der Waals surface area contributed by atoms with E-state index in [1.165, 1.54) is 0 Å². The van der Waals surface area contributed by atoms with Gasteiger partial charge >= 0.3 is 0 Å². The summed E-state index contributed by atoms with van der Waals surface area (Å²) in [6.07, 6.45) is 4.33. The van der Waals surface area contributed by atoms with Gasteiger partial charge in [-0.05, 0) is 24.1 Å². The first-order chi connectivity index (χ1) is 8.20. The van der Waals surface area contributed by atoms with E-state index in [1.807, 2.05) is 19.1 Å².